The summed E-state index contributed by atoms with van der Waals surface area (Å²) in [6.07, 6.45) is 3.19. The van der Waals surface area contributed by atoms with Crippen molar-refractivity contribution in [3.8, 4) is 0 Å². The first-order chi connectivity index (χ1) is 9.47. The first-order valence-corrected chi connectivity index (χ1v) is 7.75. The largest absolute Gasteiger partial charge is 0.447 e. The molecule has 0 saturated heterocycles. The highest BCUT2D eigenvalue weighted by atomic mass is 32.2. The van der Waals surface area contributed by atoms with Gasteiger partial charge in [-0.2, -0.15) is 5.10 Å². The summed E-state index contributed by atoms with van der Waals surface area (Å²) in [5, 5.41) is 9.45. The molecule has 3 N–H and O–H groups in total. The van der Waals surface area contributed by atoms with Crippen molar-refractivity contribution in [2.24, 2.45) is 0 Å². The van der Waals surface area contributed by atoms with Crippen LogP contribution in [-0.4, -0.2) is 24.7 Å². The zero-order valence-corrected chi connectivity index (χ0v) is 12.2. The lowest BCUT2D eigenvalue weighted by atomic mass is 10.3. The van der Waals surface area contributed by atoms with Crippen LogP contribution in [-0.2, 0) is 23.1 Å². The minimum Gasteiger partial charge on any atom is -0.447 e. The lowest BCUT2D eigenvalue weighted by Crippen LogP contribution is -2.23. The number of sulfonamides is 1. The van der Waals surface area contributed by atoms with Crippen LogP contribution in [0.25, 0.3) is 0 Å². The SMILES string of the molecule is CC(C)NCc1ccc(S(=O)(=O)NCc2cn[nH]c2)o1. The van der Waals surface area contributed by atoms with E-state index in [2.05, 4.69) is 20.2 Å². The molecule has 0 unspecified atom stereocenters. The van der Waals surface area contributed by atoms with E-state index in [-0.39, 0.29) is 11.6 Å². The Morgan fingerprint density at radius 1 is 1.35 bits per heavy atom. The second-order valence-corrected chi connectivity index (χ2v) is 6.39. The Morgan fingerprint density at radius 2 is 2.15 bits per heavy atom. The van der Waals surface area contributed by atoms with E-state index >= 15 is 0 Å². The van der Waals surface area contributed by atoms with E-state index in [0.29, 0.717) is 18.3 Å². The Labute approximate surface area is 117 Å². The molecule has 7 nitrogen and oxygen atoms in total. The Morgan fingerprint density at radius 3 is 2.80 bits per heavy atom. The summed E-state index contributed by atoms with van der Waals surface area (Å²) in [4.78, 5) is 0. The van der Waals surface area contributed by atoms with Gasteiger partial charge in [-0.1, -0.05) is 13.8 Å². The van der Waals surface area contributed by atoms with Crippen molar-refractivity contribution < 1.29 is 12.8 Å². The van der Waals surface area contributed by atoms with Gasteiger partial charge in [0, 0.05) is 24.3 Å². The molecule has 0 spiro atoms. The summed E-state index contributed by atoms with van der Waals surface area (Å²) in [7, 11) is -3.64. The molecule has 0 radical (unpaired) electrons. The normalized spacial score (nSPS) is 12.2. The molecule has 2 aromatic heterocycles. The summed E-state index contributed by atoms with van der Waals surface area (Å²) in [5.74, 6) is 0.586. The molecular formula is C12H18N4O3S. The fourth-order valence-electron chi connectivity index (χ4n) is 1.53. The number of aromatic nitrogens is 2. The topological polar surface area (TPSA) is 100 Å². The molecule has 2 rings (SSSR count). The van der Waals surface area contributed by atoms with Crippen molar-refractivity contribution >= 4 is 10.0 Å². The summed E-state index contributed by atoms with van der Waals surface area (Å²) >= 11 is 0. The Kier molecular flexibility index (Phi) is 4.58. The van der Waals surface area contributed by atoms with Crippen LogP contribution in [0, 0.1) is 0 Å². The summed E-state index contributed by atoms with van der Waals surface area (Å²) in [5.41, 5.74) is 0.752. The molecular weight excluding hydrogens is 280 g/mol. The van der Waals surface area contributed by atoms with Gasteiger partial charge in [0.25, 0.3) is 10.0 Å². The molecule has 110 valence electrons. The van der Waals surface area contributed by atoms with Gasteiger partial charge in [-0.3, -0.25) is 5.10 Å². The van der Waals surface area contributed by atoms with Crippen LogP contribution >= 0.6 is 0 Å². The average molecular weight is 298 g/mol. The molecule has 8 heteroatoms. The van der Waals surface area contributed by atoms with Crippen molar-refractivity contribution in [3.63, 3.8) is 0 Å². The molecule has 0 bridgehead atoms. The monoisotopic (exact) mass is 298 g/mol. The summed E-state index contributed by atoms with van der Waals surface area (Å²) in [6.45, 7) is 4.67. The van der Waals surface area contributed by atoms with Gasteiger partial charge in [0.1, 0.15) is 5.76 Å². The highest BCUT2D eigenvalue weighted by Crippen LogP contribution is 2.14. The lowest BCUT2D eigenvalue weighted by Gasteiger charge is -2.05. The molecule has 0 aliphatic rings. The average Bonchev–Trinajstić information content (AvgIpc) is 3.05. The molecule has 0 aliphatic carbocycles. The van der Waals surface area contributed by atoms with Gasteiger partial charge in [-0.25, -0.2) is 13.1 Å². The van der Waals surface area contributed by atoms with E-state index in [1.807, 2.05) is 13.8 Å². The van der Waals surface area contributed by atoms with E-state index in [1.165, 1.54) is 6.07 Å². The minimum atomic E-state index is -3.64. The maximum atomic E-state index is 12.0. The van der Waals surface area contributed by atoms with E-state index in [4.69, 9.17) is 4.42 Å². The van der Waals surface area contributed by atoms with Crippen molar-refractivity contribution in [1.82, 2.24) is 20.2 Å². The number of nitrogens with zero attached hydrogens (tertiary/aromatic N) is 1. The molecule has 0 aromatic carbocycles. The second-order valence-electron chi connectivity index (χ2n) is 4.69. The zero-order valence-electron chi connectivity index (χ0n) is 11.4. The second kappa shape index (κ2) is 6.21. The number of nitrogens with one attached hydrogen (secondary N) is 3. The van der Waals surface area contributed by atoms with Crippen LogP contribution in [0.3, 0.4) is 0 Å². The van der Waals surface area contributed by atoms with Gasteiger partial charge in [0.2, 0.25) is 5.09 Å². The summed E-state index contributed by atoms with van der Waals surface area (Å²) in [6, 6.07) is 3.41. The smallest absolute Gasteiger partial charge is 0.274 e. The number of furan rings is 1. The number of hydrogen-bond donors (Lipinski definition) is 3. The van der Waals surface area contributed by atoms with Crippen molar-refractivity contribution in [3.05, 3.63) is 35.9 Å². The van der Waals surface area contributed by atoms with Gasteiger partial charge in [-0.15, -0.1) is 0 Å². The van der Waals surface area contributed by atoms with E-state index < -0.39 is 10.0 Å². The van der Waals surface area contributed by atoms with Crippen LogP contribution in [0.1, 0.15) is 25.2 Å². The highest BCUT2D eigenvalue weighted by Gasteiger charge is 2.18. The molecule has 0 atom stereocenters. The van der Waals surface area contributed by atoms with Crippen LogP contribution < -0.4 is 10.0 Å². The summed E-state index contributed by atoms with van der Waals surface area (Å²) < 4.78 is 31.8. The first kappa shape index (κ1) is 14.8. The van der Waals surface area contributed by atoms with Crippen LogP contribution in [0.5, 0.6) is 0 Å². The van der Waals surface area contributed by atoms with Crippen LogP contribution in [0.15, 0.2) is 34.0 Å². The number of hydrogen-bond acceptors (Lipinski definition) is 5. The molecule has 0 saturated carbocycles. The number of H-pyrrole nitrogens is 1. The predicted molar refractivity (Wildman–Crippen MR) is 73.3 cm³/mol. The van der Waals surface area contributed by atoms with Crippen molar-refractivity contribution in [2.75, 3.05) is 0 Å². The van der Waals surface area contributed by atoms with E-state index in [9.17, 15) is 8.42 Å². The Bertz CT molecular complexity index is 631. The third-order valence-corrected chi connectivity index (χ3v) is 3.88. The zero-order chi connectivity index (χ0) is 14.6. The lowest BCUT2D eigenvalue weighted by molar-refractivity contribution is 0.393. The van der Waals surface area contributed by atoms with Gasteiger partial charge in [-0.05, 0) is 12.1 Å². The highest BCUT2D eigenvalue weighted by molar-refractivity contribution is 7.89. The van der Waals surface area contributed by atoms with E-state index in [0.717, 1.165) is 5.56 Å². The van der Waals surface area contributed by atoms with Crippen molar-refractivity contribution in [2.45, 2.75) is 38.1 Å². The fourth-order valence-corrected chi connectivity index (χ4v) is 2.49. The third kappa shape index (κ3) is 3.92. The molecule has 0 fully saturated rings. The van der Waals surface area contributed by atoms with Gasteiger partial charge < -0.3 is 9.73 Å². The molecule has 20 heavy (non-hydrogen) atoms. The van der Waals surface area contributed by atoms with Crippen LogP contribution in [0.2, 0.25) is 0 Å². The number of aromatic amines is 1. The van der Waals surface area contributed by atoms with Gasteiger partial charge in [0.05, 0.1) is 12.7 Å². The van der Waals surface area contributed by atoms with Gasteiger partial charge in [0.15, 0.2) is 0 Å². The van der Waals surface area contributed by atoms with Gasteiger partial charge >= 0.3 is 0 Å². The Hall–Kier alpha value is -1.64. The third-order valence-electron chi connectivity index (χ3n) is 2.61. The standard InChI is InChI=1S/C12H18N4O3S/c1-9(2)13-8-11-3-4-12(19-11)20(17,18)16-7-10-5-14-15-6-10/h3-6,9,13,16H,7-8H2,1-2H3,(H,14,15). The maximum absolute atomic E-state index is 12.0. The first-order valence-electron chi connectivity index (χ1n) is 6.27. The predicted octanol–water partition coefficient (Wildman–Crippen LogP) is 0.979. The molecule has 0 aliphatic heterocycles. The maximum Gasteiger partial charge on any atom is 0.274 e. The molecule has 2 aromatic rings. The van der Waals surface area contributed by atoms with E-state index in [1.54, 1.807) is 18.5 Å². The quantitative estimate of drug-likeness (QED) is 0.707. The fraction of sp³-hybridized carbons (Fsp3) is 0.417. The van der Waals surface area contributed by atoms with Crippen molar-refractivity contribution in [1.29, 1.82) is 0 Å². The molecule has 2 heterocycles. The molecule has 0 amide bonds. The Balaban J connectivity index is 1.98. The van der Waals surface area contributed by atoms with Crippen LogP contribution in [0.4, 0.5) is 0 Å². The number of rotatable bonds is 7. The minimum absolute atomic E-state index is 0.0819.